The van der Waals surface area contributed by atoms with Gasteiger partial charge in [0, 0.05) is 21.2 Å². The maximum Gasteiger partial charge on any atom is 0.0412 e. The molecule has 0 saturated heterocycles. The molecule has 0 aliphatic rings. The van der Waals surface area contributed by atoms with Crippen molar-refractivity contribution in [2.24, 2.45) is 0 Å². The van der Waals surface area contributed by atoms with Crippen molar-refractivity contribution in [2.45, 2.75) is 6.54 Å². The van der Waals surface area contributed by atoms with E-state index in [-0.39, 0.29) is 0 Å². The molecule has 2 rings (SSSR count). The molecule has 0 aliphatic heterocycles. The van der Waals surface area contributed by atoms with Gasteiger partial charge < -0.3 is 5.32 Å². The summed E-state index contributed by atoms with van der Waals surface area (Å²) < 4.78 is 2.22. The molecule has 0 bridgehead atoms. The van der Waals surface area contributed by atoms with Gasteiger partial charge in [0.25, 0.3) is 0 Å². The van der Waals surface area contributed by atoms with Gasteiger partial charge in [0.1, 0.15) is 0 Å². The summed E-state index contributed by atoms with van der Waals surface area (Å²) in [7, 11) is 0. The van der Waals surface area contributed by atoms with E-state index in [0.717, 1.165) is 21.2 Å². The van der Waals surface area contributed by atoms with Gasteiger partial charge in [0.2, 0.25) is 0 Å². The highest BCUT2D eigenvalue weighted by Gasteiger charge is 2.00. The molecule has 0 radical (unpaired) electrons. The lowest BCUT2D eigenvalue weighted by molar-refractivity contribution is 1.13. The summed E-state index contributed by atoms with van der Waals surface area (Å²) >= 11 is 7.02. The summed E-state index contributed by atoms with van der Waals surface area (Å²) in [4.78, 5) is 0. The number of benzene rings is 2. The van der Waals surface area contributed by atoms with E-state index in [1.54, 1.807) is 0 Å². The standard InChI is InChI=1S/C13H11Br2N/c14-11-6-7-13(15)10(8-11)9-16-12-4-2-1-3-5-12/h1-8,16H,9H2. The Morgan fingerprint density at radius 3 is 2.44 bits per heavy atom. The van der Waals surface area contributed by atoms with Crippen LogP contribution in [0, 0.1) is 0 Å². The molecule has 3 heteroatoms. The Morgan fingerprint density at radius 1 is 0.938 bits per heavy atom. The van der Waals surface area contributed by atoms with Crippen LogP contribution in [0.1, 0.15) is 5.56 Å². The maximum atomic E-state index is 3.54. The Balaban J connectivity index is 2.08. The average Bonchev–Trinajstić information content (AvgIpc) is 2.32. The van der Waals surface area contributed by atoms with Gasteiger partial charge in [-0.25, -0.2) is 0 Å². The van der Waals surface area contributed by atoms with E-state index in [1.807, 2.05) is 30.3 Å². The highest BCUT2D eigenvalue weighted by molar-refractivity contribution is 9.11. The monoisotopic (exact) mass is 339 g/mol. The minimum absolute atomic E-state index is 0.810. The van der Waals surface area contributed by atoms with Crippen molar-refractivity contribution in [1.82, 2.24) is 0 Å². The Morgan fingerprint density at radius 2 is 1.69 bits per heavy atom. The van der Waals surface area contributed by atoms with Gasteiger partial charge in [0.05, 0.1) is 0 Å². The SMILES string of the molecule is Brc1ccc(Br)c(CNc2ccccc2)c1. The highest BCUT2D eigenvalue weighted by Crippen LogP contribution is 2.22. The number of hydrogen-bond donors (Lipinski definition) is 1. The molecule has 0 amide bonds. The fourth-order valence-electron chi connectivity index (χ4n) is 1.43. The second-order valence-corrected chi connectivity index (χ2v) is 5.23. The third kappa shape index (κ3) is 3.09. The topological polar surface area (TPSA) is 12.0 Å². The minimum Gasteiger partial charge on any atom is -0.381 e. The van der Waals surface area contributed by atoms with Gasteiger partial charge in [-0.3, -0.25) is 0 Å². The van der Waals surface area contributed by atoms with Crippen molar-refractivity contribution in [3.05, 3.63) is 63.0 Å². The number of para-hydroxylation sites is 1. The Labute approximate surface area is 112 Å². The molecule has 0 saturated carbocycles. The summed E-state index contributed by atoms with van der Waals surface area (Å²) in [6.07, 6.45) is 0. The largest absolute Gasteiger partial charge is 0.381 e. The molecule has 0 unspecified atom stereocenters. The van der Waals surface area contributed by atoms with E-state index in [4.69, 9.17) is 0 Å². The first-order valence-electron chi connectivity index (χ1n) is 4.98. The van der Waals surface area contributed by atoms with Gasteiger partial charge in [-0.05, 0) is 35.9 Å². The fourth-order valence-corrected chi connectivity index (χ4v) is 2.23. The smallest absolute Gasteiger partial charge is 0.0412 e. The van der Waals surface area contributed by atoms with Gasteiger partial charge >= 0.3 is 0 Å². The molecule has 0 fully saturated rings. The Kier molecular flexibility index (Phi) is 4.02. The second kappa shape index (κ2) is 5.51. The van der Waals surface area contributed by atoms with Crippen LogP contribution in [-0.4, -0.2) is 0 Å². The summed E-state index contributed by atoms with van der Waals surface area (Å²) in [6.45, 7) is 0.810. The van der Waals surface area contributed by atoms with Gasteiger partial charge in [-0.2, -0.15) is 0 Å². The van der Waals surface area contributed by atoms with Crippen LogP contribution in [0.4, 0.5) is 5.69 Å². The summed E-state index contributed by atoms with van der Waals surface area (Å²) in [6, 6.07) is 16.4. The quantitative estimate of drug-likeness (QED) is 0.844. The molecule has 82 valence electrons. The number of nitrogens with one attached hydrogen (secondary N) is 1. The molecule has 0 aliphatic carbocycles. The van der Waals surface area contributed by atoms with E-state index < -0.39 is 0 Å². The fraction of sp³-hybridized carbons (Fsp3) is 0.0769. The van der Waals surface area contributed by atoms with Gasteiger partial charge in [0.15, 0.2) is 0 Å². The molecule has 0 heterocycles. The first-order valence-corrected chi connectivity index (χ1v) is 6.57. The lowest BCUT2D eigenvalue weighted by Gasteiger charge is -2.08. The maximum absolute atomic E-state index is 3.54. The van der Waals surface area contributed by atoms with Crippen LogP contribution in [0.25, 0.3) is 0 Å². The molecule has 0 aromatic heterocycles. The average molecular weight is 341 g/mol. The van der Waals surface area contributed by atoms with Crippen molar-refractivity contribution in [3.8, 4) is 0 Å². The highest BCUT2D eigenvalue weighted by atomic mass is 79.9. The van der Waals surface area contributed by atoms with Crippen molar-refractivity contribution >= 4 is 37.5 Å². The van der Waals surface area contributed by atoms with Crippen molar-refractivity contribution < 1.29 is 0 Å². The number of rotatable bonds is 3. The number of anilines is 1. The lowest BCUT2D eigenvalue weighted by Crippen LogP contribution is -1.99. The summed E-state index contributed by atoms with van der Waals surface area (Å²) in [5.41, 5.74) is 2.37. The molecule has 2 aromatic carbocycles. The zero-order valence-corrected chi connectivity index (χ0v) is 11.8. The third-order valence-corrected chi connectivity index (χ3v) is 3.53. The first-order chi connectivity index (χ1) is 7.75. The number of hydrogen-bond acceptors (Lipinski definition) is 1. The molecular formula is C13H11Br2N. The van der Waals surface area contributed by atoms with Crippen LogP contribution in [0.5, 0.6) is 0 Å². The van der Waals surface area contributed by atoms with E-state index >= 15 is 0 Å². The molecule has 0 spiro atoms. The van der Waals surface area contributed by atoms with Crippen molar-refractivity contribution in [2.75, 3.05) is 5.32 Å². The van der Waals surface area contributed by atoms with E-state index in [9.17, 15) is 0 Å². The van der Waals surface area contributed by atoms with E-state index in [0.29, 0.717) is 0 Å². The number of halogens is 2. The minimum atomic E-state index is 0.810. The van der Waals surface area contributed by atoms with Crippen LogP contribution >= 0.6 is 31.9 Å². The zero-order valence-electron chi connectivity index (χ0n) is 8.58. The molecule has 16 heavy (non-hydrogen) atoms. The van der Waals surface area contributed by atoms with Crippen LogP contribution in [0.15, 0.2) is 57.5 Å². The predicted octanol–water partition coefficient (Wildman–Crippen LogP) is 4.82. The molecule has 1 nitrogen and oxygen atoms in total. The lowest BCUT2D eigenvalue weighted by atomic mass is 10.2. The van der Waals surface area contributed by atoms with Crippen LogP contribution < -0.4 is 5.32 Å². The Bertz CT molecular complexity index is 469. The summed E-state index contributed by atoms with van der Waals surface area (Å²) in [5.74, 6) is 0. The van der Waals surface area contributed by atoms with Crippen molar-refractivity contribution in [3.63, 3.8) is 0 Å². The zero-order chi connectivity index (χ0) is 11.4. The Hall–Kier alpha value is -0.800. The molecule has 2 aromatic rings. The molecule has 1 N–H and O–H groups in total. The van der Waals surface area contributed by atoms with Gasteiger partial charge in [-0.1, -0.05) is 50.1 Å². The predicted molar refractivity (Wildman–Crippen MR) is 75.6 cm³/mol. The van der Waals surface area contributed by atoms with Crippen LogP contribution in [0.3, 0.4) is 0 Å². The van der Waals surface area contributed by atoms with Crippen LogP contribution in [-0.2, 0) is 6.54 Å². The third-order valence-electron chi connectivity index (χ3n) is 2.26. The van der Waals surface area contributed by atoms with Crippen molar-refractivity contribution in [1.29, 1.82) is 0 Å². The normalized spacial score (nSPS) is 10.1. The van der Waals surface area contributed by atoms with E-state index in [2.05, 4.69) is 55.4 Å². The van der Waals surface area contributed by atoms with Crippen LogP contribution in [0.2, 0.25) is 0 Å². The second-order valence-electron chi connectivity index (χ2n) is 3.46. The summed E-state index contributed by atoms with van der Waals surface area (Å²) in [5, 5.41) is 3.38. The van der Waals surface area contributed by atoms with Gasteiger partial charge in [-0.15, -0.1) is 0 Å². The first kappa shape index (κ1) is 11.7. The molecule has 0 atom stereocenters. The van der Waals surface area contributed by atoms with E-state index in [1.165, 1.54) is 5.56 Å². The molecular weight excluding hydrogens is 330 g/mol.